The number of aryl methyl sites for hydroxylation is 1. The molecule has 1 aliphatic heterocycles. The van der Waals surface area contributed by atoms with Gasteiger partial charge in [-0.2, -0.15) is 0 Å². The van der Waals surface area contributed by atoms with Gasteiger partial charge in [-0.15, -0.1) is 0 Å². The van der Waals surface area contributed by atoms with Crippen LogP contribution in [-0.2, 0) is 9.53 Å². The Morgan fingerprint density at radius 1 is 1.61 bits per heavy atom. The summed E-state index contributed by atoms with van der Waals surface area (Å²) in [5.74, 6) is 0.119. The van der Waals surface area contributed by atoms with E-state index in [1.807, 2.05) is 0 Å². The van der Waals surface area contributed by atoms with E-state index >= 15 is 0 Å². The van der Waals surface area contributed by atoms with Gasteiger partial charge >= 0.3 is 5.97 Å². The molecule has 1 aliphatic rings. The second-order valence-electron chi connectivity index (χ2n) is 3.46. The van der Waals surface area contributed by atoms with E-state index in [4.69, 9.17) is 16.6 Å². The van der Waals surface area contributed by atoms with Gasteiger partial charge in [-0.25, -0.2) is 4.79 Å². The van der Waals surface area contributed by atoms with Crippen LogP contribution < -0.4 is 5.32 Å². The van der Waals surface area contributed by atoms with Crippen LogP contribution in [0.25, 0.3) is 6.08 Å². The molecule has 0 saturated carbocycles. The van der Waals surface area contributed by atoms with E-state index in [-0.39, 0.29) is 5.91 Å². The number of hydrogen-bond acceptors (Lipinski definition) is 6. The fourth-order valence-corrected chi connectivity index (χ4v) is 2.46. The van der Waals surface area contributed by atoms with Crippen LogP contribution in [-0.4, -0.2) is 23.3 Å². The predicted octanol–water partition coefficient (Wildman–Crippen LogP) is 1.86. The lowest BCUT2D eigenvalue weighted by Gasteiger charge is -1.93. The lowest BCUT2D eigenvalue weighted by Crippen LogP contribution is -2.17. The molecular formula is C11H9NO4S2. The smallest absolute Gasteiger partial charge is 0.341 e. The van der Waals surface area contributed by atoms with Crippen molar-refractivity contribution in [3.8, 4) is 0 Å². The van der Waals surface area contributed by atoms with Crippen LogP contribution >= 0.6 is 24.0 Å². The predicted molar refractivity (Wildman–Crippen MR) is 71.1 cm³/mol. The molecule has 0 radical (unpaired) electrons. The highest BCUT2D eigenvalue weighted by atomic mass is 32.2. The number of thiocarbonyl (C=S) groups is 1. The van der Waals surface area contributed by atoms with Gasteiger partial charge in [0, 0.05) is 6.08 Å². The van der Waals surface area contributed by atoms with Gasteiger partial charge in [-0.05, 0) is 13.0 Å². The molecule has 2 rings (SSSR count). The van der Waals surface area contributed by atoms with E-state index in [2.05, 4.69) is 10.1 Å². The number of amides is 1. The topological polar surface area (TPSA) is 68.5 Å². The highest BCUT2D eigenvalue weighted by molar-refractivity contribution is 8.26. The van der Waals surface area contributed by atoms with Crippen molar-refractivity contribution < 1.29 is 18.7 Å². The third-order valence-corrected chi connectivity index (χ3v) is 3.42. The van der Waals surface area contributed by atoms with E-state index in [0.717, 1.165) is 11.8 Å². The Bertz CT molecular complexity index is 574. The summed E-state index contributed by atoms with van der Waals surface area (Å²) in [6.07, 6.45) is 1.54. The number of ether oxygens (including phenoxy) is 1. The Labute approximate surface area is 113 Å². The maximum atomic E-state index is 11.4. The van der Waals surface area contributed by atoms with Crippen molar-refractivity contribution in [1.29, 1.82) is 0 Å². The van der Waals surface area contributed by atoms with Crippen molar-refractivity contribution in [3.63, 3.8) is 0 Å². The third-order valence-electron chi connectivity index (χ3n) is 2.26. The standard InChI is InChI=1S/C11H9NO4S2/c1-5-7(10(14)15-2)3-6(16-5)4-8-9(13)12-11(17)18-8/h3-4H,1-2H3,(H,12,13,17)/b8-4+. The monoisotopic (exact) mass is 283 g/mol. The number of furan rings is 1. The molecule has 1 aromatic heterocycles. The zero-order chi connectivity index (χ0) is 13.3. The van der Waals surface area contributed by atoms with Crippen molar-refractivity contribution in [2.75, 3.05) is 7.11 Å². The second kappa shape index (κ2) is 4.95. The molecule has 1 amide bonds. The molecule has 1 aromatic rings. The molecule has 2 heterocycles. The van der Waals surface area contributed by atoms with Crippen molar-refractivity contribution in [1.82, 2.24) is 5.32 Å². The van der Waals surface area contributed by atoms with Crippen LogP contribution in [0, 0.1) is 6.92 Å². The Hall–Kier alpha value is -1.60. The van der Waals surface area contributed by atoms with Gasteiger partial charge in [0.05, 0.1) is 12.0 Å². The highest BCUT2D eigenvalue weighted by Crippen LogP contribution is 2.27. The van der Waals surface area contributed by atoms with Crippen molar-refractivity contribution >= 4 is 46.3 Å². The number of esters is 1. The lowest BCUT2D eigenvalue weighted by atomic mass is 10.2. The number of carbonyl (C=O) groups excluding carboxylic acids is 2. The zero-order valence-electron chi connectivity index (χ0n) is 9.60. The number of carbonyl (C=O) groups is 2. The van der Waals surface area contributed by atoms with Crippen molar-refractivity contribution in [2.24, 2.45) is 0 Å². The molecule has 0 spiro atoms. The first kappa shape index (κ1) is 12.8. The van der Waals surface area contributed by atoms with E-state index < -0.39 is 5.97 Å². The molecule has 94 valence electrons. The Morgan fingerprint density at radius 3 is 2.89 bits per heavy atom. The van der Waals surface area contributed by atoms with Crippen LogP contribution in [0.5, 0.6) is 0 Å². The summed E-state index contributed by atoms with van der Waals surface area (Å²) in [5, 5.41) is 2.50. The van der Waals surface area contributed by atoms with E-state index in [9.17, 15) is 9.59 Å². The summed E-state index contributed by atoms with van der Waals surface area (Å²) in [6, 6.07) is 1.53. The Kier molecular flexibility index (Phi) is 3.53. The summed E-state index contributed by atoms with van der Waals surface area (Å²) in [5.41, 5.74) is 0.343. The van der Waals surface area contributed by atoms with Crippen LogP contribution in [0.1, 0.15) is 21.9 Å². The van der Waals surface area contributed by atoms with Gasteiger partial charge in [-0.3, -0.25) is 4.79 Å². The summed E-state index contributed by atoms with van der Waals surface area (Å²) >= 11 is 6.02. The average molecular weight is 283 g/mol. The van der Waals surface area contributed by atoms with Crippen LogP contribution in [0.4, 0.5) is 0 Å². The molecule has 1 fully saturated rings. The van der Waals surface area contributed by atoms with Gasteiger partial charge in [0.15, 0.2) is 0 Å². The highest BCUT2D eigenvalue weighted by Gasteiger charge is 2.23. The summed E-state index contributed by atoms with van der Waals surface area (Å²) in [6.45, 7) is 1.65. The molecule has 1 N–H and O–H groups in total. The molecule has 0 aromatic carbocycles. The fourth-order valence-electron chi connectivity index (χ4n) is 1.44. The van der Waals surface area contributed by atoms with Gasteiger partial charge in [0.1, 0.15) is 21.4 Å². The summed E-state index contributed by atoms with van der Waals surface area (Å²) in [4.78, 5) is 23.3. The quantitative estimate of drug-likeness (QED) is 0.507. The van der Waals surface area contributed by atoms with Crippen LogP contribution in [0.2, 0.25) is 0 Å². The zero-order valence-corrected chi connectivity index (χ0v) is 11.2. The van der Waals surface area contributed by atoms with Crippen LogP contribution in [0.15, 0.2) is 15.4 Å². The molecule has 5 nitrogen and oxygen atoms in total. The molecule has 7 heteroatoms. The maximum absolute atomic E-state index is 11.4. The van der Waals surface area contributed by atoms with Gasteiger partial charge in [0.25, 0.3) is 5.91 Å². The third kappa shape index (κ3) is 2.46. The van der Waals surface area contributed by atoms with Crippen molar-refractivity contribution in [2.45, 2.75) is 6.92 Å². The minimum absolute atomic E-state index is 0.265. The summed E-state index contributed by atoms with van der Waals surface area (Å²) < 4.78 is 10.4. The molecule has 18 heavy (non-hydrogen) atoms. The van der Waals surface area contributed by atoms with E-state index in [1.54, 1.807) is 13.0 Å². The first-order valence-electron chi connectivity index (χ1n) is 4.95. The molecule has 0 unspecified atom stereocenters. The number of rotatable bonds is 2. The maximum Gasteiger partial charge on any atom is 0.341 e. The van der Waals surface area contributed by atoms with Gasteiger partial charge < -0.3 is 14.5 Å². The first-order chi connectivity index (χ1) is 8.51. The molecule has 0 atom stereocenters. The first-order valence-corrected chi connectivity index (χ1v) is 6.17. The van der Waals surface area contributed by atoms with Gasteiger partial charge in [0.2, 0.25) is 0 Å². The molecule has 0 bridgehead atoms. The normalized spacial score (nSPS) is 17.1. The number of hydrogen-bond donors (Lipinski definition) is 1. The minimum Gasteiger partial charge on any atom is -0.465 e. The second-order valence-corrected chi connectivity index (χ2v) is 5.18. The van der Waals surface area contributed by atoms with Crippen LogP contribution in [0.3, 0.4) is 0 Å². The summed E-state index contributed by atoms with van der Waals surface area (Å²) in [7, 11) is 1.30. The number of thioether (sulfide) groups is 1. The van der Waals surface area contributed by atoms with Crippen molar-refractivity contribution in [3.05, 3.63) is 28.1 Å². The average Bonchev–Trinajstić information content (AvgIpc) is 2.82. The lowest BCUT2D eigenvalue weighted by molar-refractivity contribution is -0.115. The van der Waals surface area contributed by atoms with E-state index in [0.29, 0.717) is 26.3 Å². The minimum atomic E-state index is -0.472. The Balaban J connectivity index is 2.31. The fraction of sp³-hybridized carbons (Fsp3) is 0.182. The number of nitrogens with one attached hydrogen (secondary N) is 1. The number of methoxy groups -OCH3 is 1. The Morgan fingerprint density at radius 2 is 2.33 bits per heavy atom. The van der Waals surface area contributed by atoms with Gasteiger partial charge in [-0.1, -0.05) is 24.0 Å². The molecule has 1 saturated heterocycles. The van der Waals surface area contributed by atoms with E-state index in [1.165, 1.54) is 13.2 Å². The SMILES string of the molecule is COC(=O)c1cc(/C=C2/SC(=S)NC2=O)oc1C. The molecule has 0 aliphatic carbocycles. The largest absolute Gasteiger partial charge is 0.465 e. The molecular weight excluding hydrogens is 274 g/mol.